The summed E-state index contributed by atoms with van der Waals surface area (Å²) in [5.74, 6) is 6.48. The van der Waals surface area contributed by atoms with Gasteiger partial charge in [0, 0.05) is 40.1 Å². The van der Waals surface area contributed by atoms with E-state index in [9.17, 15) is 0 Å². The Kier molecular flexibility index (Phi) is 4.34. The molecule has 0 radical (unpaired) electrons. The molecule has 4 N–H and O–H groups in total. The number of rotatable bonds is 4. The van der Waals surface area contributed by atoms with Gasteiger partial charge in [-0.1, -0.05) is 42.0 Å². The molecule has 1 aromatic heterocycles. The van der Waals surface area contributed by atoms with Crippen LogP contribution < -0.4 is 16.6 Å². The van der Waals surface area contributed by atoms with Gasteiger partial charge in [0.05, 0.1) is 11.4 Å². The number of benzene rings is 3. The Hall–Kier alpha value is -3.24. The fraction of sp³-hybridized carbons (Fsp3) is 0.130. The number of nitrogens with two attached hydrogens (primary N) is 2. The number of hydrogen-bond donors (Lipinski definition) is 2. The standard InChI is InChI=1S/C23H24N4/c1-3-26-21-10-5-4-9-19(21)20-14-18(11-12-22(20)26)27(25)23(15-24)17-8-6-7-16(2)13-17/h4-15H,3,24-25H2,1-2H3/b23-15-. The first-order valence-electron chi connectivity index (χ1n) is 9.18. The molecule has 3 aromatic carbocycles. The van der Waals surface area contributed by atoms with E-state index >= 15 is 0 Å². The van der Waals surface area contributed by atoms with Crippen molar-refractivity contribution in [2.45, 2.75) is 20.4 Å². The van der Waals surface area contributed by atoms with Gasteiger partial charge in [0.15, 0.2) is 0 Å². The number of anilines is 1. The minimum Gasteiger partial charge on any atom is -0.403 e. The number of aromatic nitrogens is 1. The molecule has 0 spiro atoms. The van der Waals surface area contributed by atoms with Crippen molar-refractivity contribution in [3.63, 3.8) is 0 Å². The van der Waals surface area contributed by atoms with E-state index in [2.05, 4.69) is 66.9 Å². The van der Waals surface area contributed by atoms with Gasteiger partial charge in [-0.3, -0.25) is 5.01 Å². The van der Waals surface area contributed by atoms with Crippen molar-refractivity contribution in [2.75, 3.05) is 5.01 Å². The molecular weight excluding hydrogens is 332 g/mol. The third-order valence-electron chi connectivity index (χ3n) is 5.08. The maximum atomic E-state index is 6.48. The summed E-state index contributed by atoms with van der Waals surface area (Å²) in [5.41, 5.74) is 12.2. The van der Waals surface area contributed by atoms with Crippen molar-refractivity contribution < 1.29 is 0 Å². The maximum absolute atomic E-state index is 6.48. The van der Waals surface area contributed by atoms with E-state index in [0.717, 1.165) is 23.5 Å². The van der Waals surface area contributed by atoms with Crippen molar-refractivity contribution >= 4 is 33.2 Å². The second-order valence-corrected chi connectivity index (χ2v) is 6.75. The van der Waals surface area contributed by atoms with Gasteiger partial charge in [0.1, 0.15) is 0 Å². The summed E-state index contributed by atoms with van der Waals surface area (Å²) >= 11 is 0. The van der Waals surface area contributed by atoms with Gasteiger partial charge in [-0.15, -0.1) is 0 Å². The van der Waals surface area contributed by atoms with Gasteiger partial charge in [-0.05, 0) is 44.2 Å². The molecule has 0 atom stereocenters. The second-order valence-electron chi connectivity index (χ2n) is 6.75. The lowest BCUT2D eigenvalue weighted by molar-refractivity contribution is 0.827. The zero-order valence-electron chi connectivity index (χ0n) is 15.7. The largest absolute Gasteiger partial charge is 0.403 e. The van der Waals surface area contributed by atoms with Crippen LogP contribution in [0.5, 0.6) is 0 Å². The number of para-hydroxylation sites is 1. The van der Waals surface area contributed by atoms with Crippen LogP contribution in [0.2, 0.25) is 0 Å². The summed E-state index contributed by atoms with van der Waals surface area (Å²) in [6, 6.07) is 23.0. The fourth-order valence-electron chi connectivity index (χ4n) is 3.79. The van der Waals surface area contributed by atoms with Gasteiger partial charge in [-0.2, -0.15) is 0 Å². The predicted molar refractivity (Wildman–Crippen MR) is 115 cm³/mol. The Morgan fingerprint density at radius 1 is 0.963 bits per heavy atom. The van der Waals surface area contributed by atoms with Gasteiger partial charge < -0.3 is 10.3 Å². The Morgan fingerprint density at radius 2 is 1.74 bits per heavy atom. The normalized spacial score (nSPS) is 12.0. The number of fused-ring (bicyclic) bond motifs is 3. The predicted octanol–water partition coefficient (Wildman–Crippen LogP) is 4.76. The third-order valence-corrected chi connectivity index (χ3v) is 5.08. The summed E-state index contributed by atoms with van der Waals surface area (Å²) in [5, 5.41) is 4.09. The van der Waals surface area contributed by atoms with Crippen molar-refractivity contribution in [2.24, 2.45) is 11.6 Å². The summed E-state index contributed by atoms with van der Waals surface area (Å²) in [4.78, 5) is 0. The molecule has 136 valence electrons. The molecule has 0 fully saturated rings. The first kappa shape index (κ1) is 17.2. The molecule has 0 unspecified atom stereocenters. The van der Waals surface area contributed by atoms with Crippen LogP contribution in [0.1, 0.15) is 18.1 Å². The highest BCUT2D eigenvalue weighted by Crippen LogP contribution is 2.33. The zero-order valence-corrected chi connectivity index (χ0v) is 15.7. The molecule has 4 nitrogen and oxygen atoms in total. The van der Waals surface area contributed by atoms with Crippen LogP contribution in [-0.4, -0.2) is 4.57 Å². The molecule has 0 amide bonds. The van der Waals surface area contributed by atoms with Crippen LogP contribution in [0.25, 0.3) is 27.5 Å². The summed E-state index contributed by atoms with van der Waals surface area (Å²) in [6.45, 7) is 5.15. The zero-order chi connectivity index (χ0) is 19.0. The minimum atomic E-state index is 0.775. The van der Waals surface area contributed by atoms with Gasteiger partial charge in [0.2, 0.25) is 0 Å². The summed E-state index contributed by atoms with van der Waals surface area (Å²) in [7, 11) is 0. The first-order valence-corrected chi connectivity index (χ1v) is 9.18. The summed E-state index contributed by atoms with van der Waals surface area (Å²) < 4.78 is 2.33. The average molecular weight is 356 g/mol. The molecule has 0 saturated carbocycles. The molecule has 4 aromatic rings. The van der Waals surface area contributed by atoms with E-state index in [1.54, 1.807) is 11.2 Å². The highest BCUT2D eigenvalue weighted by atomic mass is 15.4. The number of nitrogens with zero attached hydrogens (tertiary/aromatic N) is 2. The molecule has 0 aliphatic rings. The molecule has 0 saturated heterocycles. The smallest absolute Gasteiger partial charge is 0.0802 e. The lowest BCUT2D eigenvalue weighted by atomic mass is 10.1. The quantitative estimate of drug-likeness (QED) is 0.409. The molecule has 1 heterocycles. The average Bonchev–Trinajstić information content (AvgIpc) is 3.01. The van der Waals surface area contributed by atoms with Crippen molar-refractivity contribution in [1.29, 1.82) is 0 Å². The molecule has 4 rings (SSSR count). The van der Waals surface area contributed by atoms with E-state index in [4.69, 9.17) is 11.6 Å². The van der Waals surface area contributed by atoms with E-state index in [-0.39, 0.29) is 0 Å². The first-order chi connectivity index (χ1) is 13.1. The Balaban J connectivity index is 1.85. The van der Waals surface area contributed by atoms with Crippen LogP contribution in [0.4, 0.5) is 5.69 Å². The highest BCUT2D eigenvalue weighted by Gasteiger charge is 2.14. The van der Waals surface area contributed by atoms with E-state index in [1.165, 1.54) is 27.4 Å². The third kappa shape index (κ3) is 2.84. The van der Waals surface area contributed by atoms with Gasteiger partial charge in [0.25, 0.3) is 0 Å². The van der Waals surface area contributed by atoms with Crippen molar-refractivity contribution in [3.8, 4) is 0 Å². The van der Waals surface area contributed by atoms with Crippen LogP contribution >= 0.6 is 0 Å². The monoisotopic (exact) mass is 356 g/mol. The SMILES string of the molecule is CCn1c2ccccc2c2cc(N(N)/C(=C\N)c3cccc(C)c3)ccc21. The van der Waals surface area contributed by atoms with Gasteiger partial charge in [-0.25, -0.2) is 5.84 Å². The molecule has 0 bridgehead atoms. The highest BCUT2D eigenvalue weighted by molar-refractivity contribution is 6.09. The fourth-order valence-corrected chi connectivity index (χ4v) is 3.79. The minimum absolute atomic E-state index is 0.775. The second kappa shape index (κ2) is 6.82. The van der Waals surface area contributed by atoms with Gasteiger partial charge >= 0.3 is 0 Å². The number of hydrazine groups is 1. The van der Waals surface area contributed by atoms with Crippen molar-refractivity contribution in [3.05, 3.63) is 84.1 Å². The van der Waals surface area contributed by atoms with E-state index in [0.29, 0.717) is 0 Å². The molecule has 0 aliphatic heterocycles. The van der Waals surface area contributed by atoms with E-state index < -0.39 is 0 Å². The Labute approximate surface area is 159 Å². The van der Waals surface area contributed by atoms with Crippen LogP contribution in [-0.2, 0) is 6.54 Å². The van der Waals surface area contributed by atoms with E-state index in [1.807, 2.05) is 18.2 Å². The number of hydrogen-bond acceptors (Lipinski definition) is 3. The lowest BCUT2D eigenvalue weighted by Crippen LogP contribution is -2.29. The Morgan fingerprint density at radius 3 is 2.48 bits per heavy atom. The number of aryl methyl sites for hydroxylation is 2. The lowest BCUT2D eigenvalue weighted by Gasteiger charge is -2.22. The maximum Gasteiger partial charge on any atom is 0.0802 e. The Bertz CT molecular complexity index is 1150. The topological polar surface area (TPSA) is 60.2 Å². The summed E-state index contributed by atoms with van der Waals surface area (Å²) in [6.07, 6.45) is 1.56. The van der Waals surface area contributed by atoms with Crippen LogP contribution in [0, 0.1) is 6.92 Å². The molecule has 0 aliphatic carbocycles. The molecule has 4 heteroatoms. The van der Waals surface area contributed by atoms with Crippen LogP contribution in [0.15, 0.2) is 72.9 Å². The molecule has 27 heavy (non-hydrogen) atoms. The molecular formula is C23H24N4. The van der Waals surface area contributed by atoms with Crippen molar-refractivity contribution in [1.82, 2.24) is 4.57 Å². The van der Waals surface area contributed by atoms with Crippen LogP contribution in [0.3, 0.4) is 0 Å².